The van der Waals surface area contributed by atoms with E-state index in [0.717, 1.165) is 27.8 Å². The number of para-hydroxylation sites is 1. The van der Waals surface area contributed by atoms with E-state index in [4.69, 9.17) is 23.6 Å². The smallest absolute Gasteiger partial charge is 0.373 e. The summed E-state index contributed by atoms with van der Waals surface area (Å²) in [5, 5.41) is 1.73. The minimum absolute atomic E-state index is 0.0820. The number of thioether (sulfide) groups is 1. The Morgan fingerprint density at radius 1 is 0.978 bits per heavy atom. The van der Waals surface area contributed by atoms with Crippen LogP contribution in [0.5, 0.6) is 17.2 Å². The maximum atomic E-state index is 13.8. The van der Waals surface area contributed by atoms with Gasteiger partial charge in [-0.3, -0.25) is 9.69 Å². The van der Waals surface area contributed by atoms with Crippen molar-refractivity contribution in [2.75, 3.05) is 27.9 Å². The highest BCUT2D eigenvalue weighted by Gasteiger charge is 2.33. The molecule has 1 aliphatic heterocycles. The molecular formula is C35H31N3O7S. The van der Waals surface area contributed by atoms with Crippen molar-refractivity contribution in [2.45, 2.75) is 13.0 Å². The van der Waals surface area contributed by atoms with Gasteiger partial charge in [0.2, 0.25) is 5.76 Å². The number of amides is 1. The van der Waals surface area contributed by atoms with E-state index in [1.54, 1.807) is 37.3 Å². The monoisotopic (exact) mass is 637 g/mol. The number of aliphatic imine (C=N–C) groups is 1. The number of esters is 1. The van der Waals surface area contributed by atoms with E-state index < -0.39 is 5.97 Å². The molecule has 0 radical (unpaired) electrons. The lowest BCUT2D eigenvalue weighted by Gasteiger charge is -2.15. The molecule has 1 N–H and O–H groups in total. The molecule has 0 saturated carbocycles. The lowest BCUT2D eigenvalue weighted by Crippen LogP contribution is -2.31. The predicted molar refractivity (Wildman–Crippen MR) is 177 cm³/mol. The molecule has 0 bridgehead atoms. The molecule has 5 aromatic rings. The molecule has 2 aromatic heterocycles. The maximum absolute atomic E-state index is 13.8. The summed E-state index contributed by atoms with van der Waals surface area (Å²) in [7, 11) is 4.45. The molecule has 10 nitrogen and oxygen atoms in total. The molecule has 11 heteroatoms. The summed E-state index contributed by atoms with van der Waals surface area (Å²) in [5.74, 6) is 1.55. The third kappa shape index (κ3) is 6.64. The summed E-state index contributed by atoms with van der Waals surface area (Å²) < 4.78 is 26.9. The van der Waals surface area contributed by atoms with Crippen molar-refractivity contribution >= 4 is 51.5 Å². The second-order valence-corrected chi connectivity index (χ2v) is 11.2. The van der Waals surface area contributed by atoms with Crippen LogP contribution in [-0.4, -0.2) is 54.8 Å². The van der Waals surface area contributed by atoms with E-state index in [0.29, 0.717) is 46.0 Å². The number of furan rings is 1. The number of aromatic amines is 1. The summed E-state index contributed by atoms with van der Waals surface area (Å²) in [6.07, 6.45) is 4.47. The highest BCUT2D eigenvalue weighted by molar-refractivity contribution is 8.18. The minimum Gasteiger partial charge on any atom is -0.497 e. The number of nitrogens with zero attached hydrogens (tertiary/aromatic N) is 2. The number of nitrogens with one attached hydrogen (secondary N) is 1. The van der Waals surface area contributed by atoms with Crippen molar-refractivity contribution in [2.24, 2.45) is 4.99 Å². The van der Waals surface area contributed by atoms with E-state index >= 15 is 0 Å². The number of H-pyrrole nitrogens is 1. The topological polar surface area (TPSA) is 116 Å². The average molecular weight is 638 g/mol. The van der Waals surface area contributed by atoms with Gasteiger partial charge in [-0.05, 0) is 90.0 Å². The van der Waals surface area contributed by atoms with Crippen LogP contribution >= 0.6 is 11.8 Å². The molecule has 0 spiro atoms. The fourth-order valence-corrected chi connectivity index (χ4v) is 6.01. The van der Waals surface area contributed by atoms with Crippen molar-refractivity contribution in [3.8, 4) is 17.2 Å². The van der Waals surface area contributed by atoms with Crippen LogP contribution in [0.3, 0.4) is 0 Å². The van der Waals surface area contributed by atoms with Crippen LogP contribution in [-0.2, 0) is 22.6 Å². The zero-order valence-electron chi connectivity index (χ0n) is 25.4. The first-order valence-corrected chi connectivity index (χ1v) is 15.2. The Kier molecular flexibility index (Phi) is 9.11. The summed E-state index contributed by atoms with van der Waals surface area (Å²) in [6, 6.07) is 24.1. The van der Waals surface area contributed by atoms with E-state index in [1.165, 1.54) is 24.9 Å². The van der Waals surface area contributed by atoms with Crippen molar-refractivity contribution in [1.82, 2.24) is 9.88 Å². The average Bonchev–Trinajstić information content (AvgIpc) is 3.81. The fraction of sp³-hybridized carbons (Fsp3) is 0.171. The number of fused-ring (bicyclic) bond motifs is 1. The summed E-state index contributed by atoms with van der Waals surface area (Å²) in [5.41, 5.74) is 3.66. The molecular weight excluding hydrogens is 606 g/mol. The first-order chi connectivity index (χ1) is 22.4. The SMILES string of the molecule is COC(=O)c1ccc(COc2ccc(/C=C3\SC(=Nc4ccc(OC)cc4)N(CCc4c[nH]c5ccccc45)C3=O)cc2OC)o1. The molecule has 3 aromatic carbocycles. The molecule has 1 saturated heterocycles. The number of hydrogen-bond acceptors (Lipinski definition) is 9. The van der Waals surface area contributed by atoms with Gasteiger partial charge in [0, 0.05) is 23.6 Å². The predicted octanol–water partition coefficient (Wildman–Crippen LogP) is 6.99. The highest BCUT2D eigenvalue weighted by atomic mass is 32.2. The van der Waals surface area contributed by atoms with Gasteiger partial charge in [0.05, 0.1) is 31.9 Å². The van der Waals surface area contributed by atoms with Gasteiger partial charge >= 0.3 is 5.97 Å². The van der Waals surface area contributed by atoms with Gasteiger partial charge in [0.1, 0.15) is 18.1 Å². The van der Waals surface area contributed by atoms with Crippen LogP contribution in [0, 0.1) is 0 Å². The van der Waals surface area contributed by atoms with Gasteiger partial charge < -0.3 is 28.3 Å². The molecule has 3 heterocycles. The van der Waals surface area contributed by atoms with Gasteiger partial charge in [-0.25, -0.2) is 9.79 Å². The quantitative estimate of drug-likeness (QED) is 0.122. The van der Waals surface area contributed by atoms with E-state index in [9.17, 15) is 9.59 Å². The Bertz CT molecular complexity index is 1940. The van der Waals surface area contributed by atoms with Crippen LogP contribution in [0.1, 0.15) is 27.4 Å². The van der Waals surface area contributed by atoms with Crippen LogP contribution in [0.25, 0.3) is 17.0 Å². The summed E-state index contributed by atoms with van der Waals surface area (Å²) in [6.45, 7) is 0.541. The van der Waals surface area contributed by atoms with Crippen LogP contribution in [0.4, 0.5) is 5.69 Å². The lowest BCUT2D eigenvalue weighted by atomic mass is 10.1. The Balaban J connectivity index is 1.23. The highest BCUT2D eigenvalue weighted by Crippen LogP contribution is 2.37. The normalized spacial score (nSPS) is 14.8. The Morgan fingerprint density at radius 2 is 1.80 bits per heavy atom. The Morgan fingerprint density at radius 3 is 2.59 bits per heavy atom. The van der Waals surface area contributed by atoms with Gasteiger partial charge in [-0.1, -0.05) is 24.3 Å². The number of carbonyl (C=O) groups is 2. The number of benzene rings is 3. The first-order valence-electron chi connectivity index (χ1n) is 14.4. The molecule has 0 unspecified atom stereocenters. The number of hydrogen-bond donors (Lipinski definition) is 1. The largest absolute Gasteiger partial charge is 0.497 e. The zero-order valence-corrected chi connectivity index (χ0v) is 26.3. The van der Waals surface area contributed by atoms with Gasteiger partial charge in [-0.15, -0.1) is 0 Å². The Labute approximate surface area is 269 Å². The molecule has 0 atom stereocenters. The van der Waals surface area contributed by atoms with E-state index in [1.807, 2.05) is 60.8 Å². The molecule has 234 valence electrons. The fourth-order valence-electron chi connectivity index (χ4n) is 4.99. The zero-order chi connectivity index (χ0) is 32.0. The summed E-state index contributed by atoms with van der Waals surface area (Å²) in [4.78, 5) is 35.9. The standard InChI is InChI=1S/C35H31N3O7S/c1-41-25-11-9-24(10-12-25)37-35-38(17-16-23-20-36-28-7-5-4-6-27(23)28)33(39)32(46-35)19-22-8-14-29(31(18-22)42-2)44-21-26-13-15-30(45-26)34(40)43-3/h4-15,18-20,36H,16-17,21H2,1-3H3/b32-19-,37-35?. The molecule has 1 aliphatic rings. The van der Waals surface area contributed by atoms with Gasteiger partial charge in [0.15, 0.2) is 16.7 Å². The number of rotatable bonds is 11. The number of aromatic nitrogens is 1. The van der Waals surface area contributed by atoms with E-state index in [-0.39, 0.29) is 18.3 Å². The number of methoxy groups -OCH3 is 3. The third-order valence-electron chi connectivity index (χ3n) is 7.37. The number of amidine groups is 1. The molecule has 46 heavy (non-hydrogen) atoms. The molecule has 1 amide bonds. The summed E-state index contributed by atoms with van der Waals surface area (Å²) >= 11 is 1.33. The molecule has 1 fully saturated rings. The van der Waals surface area contributed by atoms with Crippen LogP contribution < -0.4 is 14.2 Å². The Hall–Kier alpha value is -5.42. The second kappa shape index (κ2) is 13.7. The molecule has 6 rings (SSSR count). The lowest BCUT2D eigenvalue weighted by molar-refractivity contribution is -0.122. The van der Waals surface area contributed by atoms with Gasteiger partial charge in [-0.2, -0.15) is 0 Å². The maximum Gasteiger partial charge on any atom is 0.373 e. The third-order valence-corrected chi connectivity index (χ3v) is 8.38. The van der Waals surface area contributed by atoms with Gasteiger partial charge in [0.25, 0.3) is 5.91 Å². The van der Waals surface area contributed by atoms with Crippen molar-refractivity contribution in [3.63, 3.8) is 0 Å². The van der Waals surface area contributed by atoms with Crippen molar-refractivity contribution in [3.05, 3.63) is 113 Å². The van der Waals surface area contributed by atoms with Crippen molar-refractivity contribution < 1.29 is 33.0 Å². The number of ether oxygens (including phenoxy) is 4. The van der Waals surface area contributed by atoms with Crippen LogP contribution in [0.15, 0.2) is 99.4 Å². The first kappa shape index (κ1) is 30.6. The van der Waals surface area contributed by atoms with Crippen molar-refractivity contribution in [1.29, 1.82) is 0 Å². The van der Waals surface area contributed by atoms with Crippen LogP contribution in [0.2, 0.25) is 0 Å². The minimum atomic E-state index is -0.561. The number of carbonyl (C=O) groups excluding carboxylic acids is 2. The molecule has 0 aliphatic carbocycles. The van der Waals surface area contributed by atoms with E-state index in [2.05, 4.69) is 15.8 Å². The second-order valence-electron chi connectivity index (χ2n) is 10.2.